The van der Waals surface area contributed by atoms with Crippen LogP contribution in [0.1, 0.15) is 42.4 Å². The fourth-order valence-electron chi connectivity index (χ4n) is 5.84. The summed E-state index contributed by atoms with van der Waals surface area (Å²) < 4.78 is 29.5. The first-order chi connectivity index (χ1) is 22.1. The van der Waals surface area contributed by atoms with Crippen LogP contribution in [0.5, 0.6) is 0 Å². The maximum absolute atomic E-state index is 14.6. The van der Waals surface area contributed by atoms with E-state index in [0.29, 0.717) is 21.3 Å². The van der Waals surface area contributed by atoms with Gasteiger partial charge in [0.25, 0.3) is 10.0 Å². The highest BCUT2D eigenvalue weighted by molar-refractivity contribution is 7.92. The molecule has 0 bridgehead atoms. The molecule has 240 valence electrons. The second-order valence-electron chi connectivity index (χ2n) is 11.6. The number of sulfonamides is 1. The molecule has 2 amide bonds. The first-order valence-electron chi connectivity index (χ1n) is 15.3. The molecular weight excluding hydrogens is 641 g/mol. The average Bonchev–Trinajstić information content (AvgIpc) is 3.55. The van der Waals surface area contributed by atoms with Crippen molar-refractivity contribution in [3.05, 3.63) is 130 Å². The molecule has 4 aromatic rings. The summed E-state index contributed by atoms with van der Waals surface area (Å²) in [5.41, 5.74) is 2.63. The second-order valence-corrected chi connectivity index (χ2v) is 14.3. The largest absolute Gasteiger partial charge is 0.352 e. The lowest BCUT2D eigenvalue weighted by molar-refractivity contribution is -0.140. The van der Waals surface area contributed by atoms with Crippen LogP contribution in [0.25, 0.3) is 0 Å². The normalized spacial score (nSPS) is 14.1. The topological polar surface area (TPSA) is 86.8 Å². The zero-order valence-corrected chi connectivity index (χ0v) is 27.9. The summed E-state index contributed by atoms with van der Waals surface area (Å²) >= 11 is 12.4. The Morgan fingerprint density at radius 2 is 1.48 bits per heavy atom. The van der Waals surface area contributed by atoms with Crippen molar-refractivity contribution < 1.29 is 18.0 Å². The molecule has 10 heteroatoms. The maximum Gasteiger partial charge on any atom is 0.264 e. The van der Waals surface area contributed by atoms with Crippen molar-refractivity contribution in [1.29, 1.82) is 0 Å². The molecule has 0 aliphatic heterocycles. The van der Waals surface area contributed by atoms with Crippen LogP contribution in [0.4, 0.5) is 5.69 Å². The monoisotopic (exact) mass is 677 g/mol. The number of halogens is 2. The molecule has 1 fully saturated rings. The number of carbonyl (C=O) groups excluding carboxylic acids is 2. The molecular formula is C36H37Cl2N3O4S. The van der Waals surface area contributed by atoms with Crippen molar-refractivity contribution in [2.45, 2.75) is 62.6 Å². The zero-order valence-electron chi connectivity index (χ0n) is 25.6. The van der Waals surface area contributed by atoms with E-state index in [4.69, 9.17) is 23.2 Å². The average molecular weight is 679 g/mol. The van der Waals surface area contributed by atoms with E-state index in [1.165, 1.54) is 29.2 Å². The number of hydrogen-bond acceptors (Lipinski definition) is 4. The van der Waals surface area contributed by atoms with Crippen molar-refractivity contribution in [3.63, 3.8) is 0 Å². The summed E-state index contributed by atoms with van der Waals surface area (Å²) in [6.45, 7) is 1.32. The number of para-hydroxylation sites is 1. The standard InChI is InChI=1S/C36H37Cl2N3O4S/c1-26-10-5-8-17-33(26)41(46(44,45)32-20-18-29(37)19-21-32)25-35(42)40(24-28-13-9-14-30(38)22-28)34(23-27-11-3-2-4-12-27)36(43)39-31-15-6-7-16-31/h2-5,8-14,17-22,31,34H,6-7,15-16,23-25H2,1H3,(H,39,43). The van der Waals surface area contributed by atoms with Crippen LogP contribution in [0.15, 0.2) is 108 Å². The number of aryl methyl sites for hydroxylation is 1. The number of hydrogen-bond donors (Lipinski definition) is 1. The third kappa shape index (κ3) is 8.29. The summed E-state index contributed by atoms with van der Waals surface area (Å²) in [7, 11) is -4.22. The lowest BCUT2D eigenvalue weighted by atomic mass is 10.0. The Bertz CT molecular complexity index is 1760. The van der Waals surface area contributed by atoms with Crippen LogP contribution in [-0.4, -0.2) is 43.8 Å². The quantitative estimate of drug-likeness (QED) is 0.172. The van der Waals surface area contributed by atoms with Gasteiger partial charge in [-0.05, 0) is 78.9 Å². The molecule has 1 aliphatic rings. The number of rotatable bonds is 12. The van der Waals surface area contributed by atoms with Gasteiger partial charge in [0.1, 0.15) is 12.6 Å². The second kappa shape index (κ2) is 15.2. The van der Waals surface area contributed by atoms with Gasteiger partial charge < -0.3 is 10.2 Å². The van der Waals surface area contributed by atoms with Gasteiger partial charge in [-0.2, -0.15) is 0 Å². The molecule has 5 rings (SSSR count). The summed E-state index contributed by atoms with van der Waals surface area (Å²) in [5.74, 6) is -0.794. The minimum Gasteiger partial charge on any atom is -0.352 e. The number of benzene rings is 4. The molecule has 0 heterocycles. The predicted molar refractivity (Wildman–Crippen MR) is 183 cm³/mol. The molecule has 1 saturated carbocycles. The van der Waals surface area contributed by atoms with Crippen molar-refractivity contribution in [3.8, 4) is 0 Å². The minimum atomic E-state index is -4.22. The molecule has 4 aromatic carbocycles. The van der Waals surface area contributed by atoms with Crippen LogP contribution in [0.3, 0.4) is 0 Å². The highest BCUT2D eigenvalue weighted by Crippen LogP contribution is 2.29. The first kappa shape index (κ1) is 33.5. The van der Waals surface area contributed by atoms with Crippen molar-refractivity contribution in [2.24, 2.45) is 0 Å². The Morgan fingerprint density at radius 3 is 2.15 bits per heavy atom. The maximum atomic E-state index is 14.6. The van der Waals surface area contributed by atoms with Gasteiger partial charge in [-0.15, -0.1) is 0 Å². The number of anilines is 1. The van der Waals surface area contributed by atoms with E-state index in [9.17, 15) is 18.0 Å². The van der Waals surface area contributed by atoms with Crippen LogP contribution in [-0.2, 0) is 32.6 Å². The predicted octanol–water partition coefficient (Wildman–Crippen LogP) is 7.20. The summed E-state index contributed by atoms with van der Waals surface area (Å²) in [6, 6.07) is 28.6. The Labute approximate surface area is 281 Å². The van der Waals surface area contributed by atoms with E-state index in [2.05, 4.69) is 5.32 Å². The van der Waals surface area contributed by atoms with Crippen LogP contribution in [0.2, 0.25) is 10.0 Å². The molecule has 7 nitrogen and oxygen atoms in total. The summed E-state index contributed by atoms with van der Waals surface area (Å²) in [4.78, 5) is 30.2. The molecule has 0 spiro atoms. The summed E-state index contributed by atoms with van der Waals surface area (Å²) in [6.07, 6.45) is 4.08. The first-order valence-corrected chi connectivity index (χ1v) is 17.5. The number of amides is 2. The molecule has 0 radical (unpaired) electrons. The van der Waals surface area contributed by atoms with Crippen LogP contribution >= 0.6 is 23.2 Å². The molecule has 1 atom stereocenters. The lowest BCUT2D eigenvalue weighted by Crippen LogP contribution is -2.54. The minimum absolute atomic E-state index is 0.00541. The van der Waals surface area contributed by atoms with Gasteiger partial charge in [-0.1, -0.05) is 96.7 Å². The van der Waals surface area contributed by atoms with Gasteiger partial charge in [0, 0.05) is 29.1 Å². The fraction of sp³-hybridized carbons (Fsp3) is 0.278. The van der Waals surface area contributed by atoms with E-state index in [-0.39, 0.29) is 29.8 Å². The van der Waals surface area contributed by atoms with E-state index in [1.807, 2.05) is 42.5 Å². The lowest BCUT2D eigenvalue weighted by Gasteiger charge is -2.34. The van der Waals surface area contributed by atoms with E-state index in [0.717, 1.165) is 41.1 Å². The SMILES string of the molecule is Cc1ccccc1N(CC(=O)N(Cc1cccc(Cl)c1)C(Cc1ccccc1)C(=O)NC1CCCC1)S(=O)(=O)c1ccc(Cl)cc1. The molecule has 0 aromatic heterocycles. The highest BCUT2D eigenvalue weighted by Gasteiger charge is 2.36. The highest BCUT2D eigenvalue weighted by atomic mass is 35.5. The molecule has 1 N–H and O–H groups in total. The fourth-order valence-corrected chi connectivity index (χ4v) is 7.66. The molecule has 1 unspecified atom stereocenters. The van der Waals surface area contributed by atoms with Crippen LogP contribution in [0, 0.1) is 6.92 Å². The number of nitrogens with zero attached hydrogens (tertiary/aromatic N) is 2. The van der Waals surface area contributed by atoms with E-state index in [1.54, 1.807) is 43.3 Å². The molecule has 0 saturated heterocycles. The summed E-state index contributed by atoms with van der Waals surface area (Å²) in [5, 5.41) is 4.07. The van der Waals surface area contributed by atoms with Gasteiger partial charge >= 0.3 is 0 Å². The van der Waals surface area contributed by atoms with Gasteiger partial charge in [0.15, 0.2) is 0 Å². The smallest absolute Gasteiger partial charge is 0.264 e. The molecule has 1 aliphatic carbocycles. The van der Waals surface area contributed by atoms with Crippen molar-refractivity contribution in [2.75, 3.05) is 10.8 Å². The molecule has 46 heavy (non-hydrogen) atoms. The van der Waals surface area contributed by atoms with Crippen molar-refractivity contribution >= 4 is 50.7 Å². The Balaban J connectivity index is 1.57. The van der Waals surface area contributed by atoms with Crippen molar-refractivity contribution in [1.82, 2.24) is 10.2 Å². The van der Waals surface area contributed by atoms with E-state index < -0.39 is 28.5 Å². The van der Waals surface area contributed by atoms with E-state index >= 15 is 0 Å². The number of carbonyl (C=O) groups is 2. The third-order valence-electron chi connectivity index (χ3n) is 8.28. The number of nitrogens with one attached hydrogen (secondary N) is 1. The third-order valence-corrected chi connectivity index (χ3v) is 10.5. The van der Waals surface area contributed by atoms with Crippen LogP contribution < -0.4 is 9.62 Å². The Morgan fingerprint density at radius 1 is 0.826 bits per heavy atom. The van der Waals surface area contributed by atoms with Gasteiger partial charge in [0.2, 0.25) is 11.8 Å². The van der Waals surface area contributed by atoms with Gasteiger partial charge in [0.05, 0.1) is 10.6 Å². The zero-order chi connectivity index (χ0) is 32.7. The van der Waals surface area contributed by atoms with Gasteiger partial charge in [-0.3, -0.25) is 13.9 Å². The Kier molecular flexibility index (Phi) is 11.0. The Hall–Kier alpha value is -3.85. The van der Waals surface area contributed by atoms with Gasteiger partial charge in [-0.25, -0.2) is 8.42 Å².